The largest absolute Gasteiger partial charge is 0.497 e. The molecule has 2 bridgehead atoms. The Labute approximate surface area is 109 Å². The van der Waals surface area contributed by atoms with Gasteiger partial charge in [-0.25, -0.2) is 0 Å². The van der Waals surface area contributed by atoms with Crippen LogP contribution in [0.2, 0.25) is 0 Å². The fourth-order valence-electron chi connectivity index (χ4n) is 3.62. The molecule has 0 saturated carbocycles. The molecule has 3 heteroatoms. The lowest BCUT2D eigenvalue weighted by Gasteiger charge is -2.49. The molecule has 3 nitrogen and oxygen atoms in total. The molecule has 2 heterocycles. The zero-order valence-corrected chi connectivity index (χ0v) is 11.0. The average molecular weight is 246 g/mol. The van der Waals surface area contributed by atoms with Crippen molar-refractivity contribution in [3.8, 4) is 5.75 Å². The maximum Gasteiger partial charge on any atom is 0.120 e. The predicted molar refractivity (Wildman–Crippen MR) is 74.1 cm³/mol. The summed E-state index contributed by atoms with van der Waals surface area (Å²) in [5, 5.41) is 0. The van der Waals surface area contributed by atoms with Gasteiger partial charge in [-0.1, -0.05) is 6.07 Å². The van der Waals surface area contributed by atoms with Crippen molar-refractivity contribution >= 4 is 5.69 Å². The summed E-state index contributed by atoms with van der Waals surface area (Å²) < 4.78 is 5.34. The molecule has 3 rings (SSSR count). The van der Waals surface area contributed by atoms with E-state index in [0.29, 0.717) is 18.1 Å². The van der Waals surface area contributed by atoms with E-state index in [2.05, 4.69) is 23.1 Å². The number of fused-ring (bicyclic) bond motifs is 2. The Morgan fingerprint density at radius 2 is 1.94 bits per heavy atom. The highest BCUT2D eigenvalue weighted by atomic mass is 16.5. The minimum atomic E-state index is 0.391. The van der Waals surface area contributed by atoms with Crippen LogP contribution in [0.5, 0.6) is 5.75 Å². The zero-order valence-electron chi connectivity index (χ0n) is 11.0. The zero-order chi connectivity index (χ0) is 12.5. The van der Waals surface area contributed by atoms with Gasteiger partial charge in [-0.15, -0.1) is 0 Å². The molecule has 0 amide bonds. The maximum atomic E-state index is 6.17. The van der Waals surface area contributed by atoms with Gasteiger partial charge < -0.3 is 15.4 Å². The molecular formula is C15H22N2O. The highest BCUT2D eigenvalue weighted by Crippen LogP contribution is 2.38. The Bertz CT molecular complexity index is 407. The fraction of sp³-hybridized carbons (Fsp3) is 0.600. The molecule has 1 aromatic rings. The SMILES string of the molecule is COc1cccc(N2C3CCCC2CC(N)C3)c1. The third-order valence-electron chi connectivity index (χ3n) is 4.36. The summed E-state index contributed by atoms with van der Waals surface area (Å²) in [6.45, 7) is 0. The molecule has 2 fully saturated rings. The molecule has 18 heavy (non-hydrogen) atoms. The second-order valence-electron chi connectivity index (χ2n) is 5.58. The van der Waals surface area contributed by atoms with Crippen molar-refractivity contribution < 1.29 is 4.74 Å². The summed E-state index contributed by atoms with van der Waals surface area (Å²) in [6.07, 6.45) is 6.17. The highest BCUT2D eigenvalue weighted by Gasteiger charge is 2.37. The van der Waals surface area contributed by atoms with Crippen LogP contribution in [0.4, 0.5) is 5.69 Å². The van der Waals surface area contributed by atoms with Gasteiger partial charge >= 0.3 is 0 Å². The first kappa shape index (κ1) is 11.8. The van der Waals surface area contributed by atoms with Gasteiger partial charge in [0.05, 0.1) is 7.11 Å². The van der Waals surface area contributed by atoms with Crippen molar-refractivity contribution in [2.24, 2.45) is 5.73 Å². The van der Waals surface area contributed by atoms with Crippen molar-refractivity contribution in [2.45, 2.75) is 50.2 Å². The molecule has 1 aromatic carbocycles. The van der Waals surface area contributed by atoms with Crippen molar-refractivity contribution in [3.05, 3.63) is 24.3 Å². The lowest BCUT2D eigenvalue weighted by atomic mass is 9.81. The Balaban J connectivity index is 1.90. The third-order valence-corrected chi connectivity index (χ3v) is 4.36. The number of hydrogen-bond acceptors (Lipinski definition) is 3. The van der Waals surface area contributed by atoms with E-state index in [1.54, 1.807) is 7.11 Å². The summed E-state index contributed by atoms with van der Waals surface area (Å²) in [7, 11) is 1.73. The quantitative estimate of drug-likeness (QED) is 0.871. The summed E-state index contributed by atoms with van der Waals surface area (Å²) in [4.78, 5) is 2.59. The van der Waals surface area contributed by atoms with Crippen LogP contribution >= 0.6 is 0 Å². The number of nitrogens with zero attached hydrogens (tertiary/aromatic N) is 1. The molecule has 2 N–H and O–H groups in total. The van der Waals surface area contributed by atoms with Crippen LogP contribution in [0.25, 0.3) is 0 Å². The van der Waals surface area contributed by atoms with E-state index >= 15 is 0 Å². The number of anilines is 1. The number of hydrogen-bond donors (Lipinski definition) is 1. The van der Waals surface area contributed by atoms with Gasteiger partial charge in [-0.05, 0) is 44.2 Å². The molecule has 2 saturated heterocycles. The Kier molecular flexibility index (Phi) is 3.16. The molecule has 98 valence electrons. The molecule has 0 radical (unpaired) electrons. The van der Waals surface area contributed by atoms with Crippen LogP contribution < -0.4 is 15.4 Å². The number of benzene rings is 1. The smallest absolute Gasteiger partial charge is 0.120 e. The summed E-state index contributed by atoms with van der Waals surface area (Å²) >= 11 is 0. The van der Waals surface area contributed by atoms with E-state index < -0.39 is 0 Å². The van der Waals surface area contributed by atoms with E-state index in [1.165, 1.54) is 24.9 Å². The molecule has 2 aliphatic heterocycles. The van der Waals surface area contributed by atoms with E-state index in [1.807, 2.05) is 6.07 Å². The summed E-state index contributed by atoms with van der Waals surface area (Å²) in [5.41, 5.74) is 7.47. The van der Waals surface area contributed by atoms with Crippen molar-refractivity contribution in [1.82, 2.24) is 0 Å². The van der Waals surface area contributed by atoms with Gasteiger partial charge in [-0.3, -0.25) is 0 Å². The topological polar surface area (TPSA) is 38.5 Å². The normalized spacial score (nSPS) is 31.2. The van der Waals surface area contributed by atoms with Crippen LogP contribution in [0, 0.1) is 0 Å². The van der Waals surface area contributed by atoms with Crippen LogP contribution in [0.1, 0.15) is 32.1 Å². The van der Waals surface area contributed by atoms with Crippen molar-refractivity contribution in [1.29, 1.82) is 0 Å². The van der Waals surface area contributed by atoms with Crippen molar-refractivity contribution in [2.75, 3.05) is 12.0 Å². The first-order valence-electron chi connectivity index (χ1n) is 6.96. The second-order valence-corrected chi connectivity index (χ2v) is 5.58. The number of piperidine rings is 2. The third kappa shape index (κ3) is 2.07. The second kappa shape index (κ2) is 4.81. The van der Waals surface area contributed by atoms with E-state index in [4.69, 9.17) is 10.5 Å². The maximum absolute atomic E-state index is 6.17. The van der Waals surface area contributed by atoms with E-state index in [0.717, 1.165) is 18.6 Å². The molecule has 0 aromatic heterocycles. The Morgan fingerprint density at radius 3 is 2.61 bits per heavy atom. The Morgan fingerprint density at radius 1 is 1.22 bits per heavy atom. The lowest BCUT2D eigenvalue weighted by Crippen LogP contribution is -2.55. The van der Waals surface area contributed by atoms with Gasteiger partial charge in [0.2, 0.25) is 0 Å². The highest BCUT2D eigenvalue weighted by molar-refractivity contribution is 5.53. The molecule has 0 spiro atoms. The lowest BCUT2D eigenvalue weighted by molar-refractivity contribution is 0.271. The Hall–Kier alpha value is -1.22. The van der Waals surface area contributed by atoms with Gasteiger partial charge in [-0.2, -0.15) is 0 Å². The van der Waals surface area contributed by atoms with Gasteiger partial charge in [0.1, 0.15) is 5.75 Å². The minimum Gasteiger partial charge on any atom is -0.497 e. The molecular weight excluding hydrogens is 224 g/mol. The van der Waals surface area contributed by atoms with Gasteiger partial charge in [0.15, 0.2) is 0 Å². The van der Waals surface area contributed by atoms with Crippen LogP contribution in [0.3, 0.4) is 0 Å². The number of methoxy groups -OCH3 is 1. The minimum absolute atomic E-state index is 0.391. The number of ether oxygens (including phenoxy) is 1. The first-order chi connectivity index (χ1) is 8.78. The summed E-state index contributed by atoms with van der Waals surface area (Å²) in [5.74, 6) is 0.945. The number of nitrogens with two attached hydrogens (primary N) is 1. The fourth-order valence-corrected chi connectivity index (χ4v) is 3.62. The molecule has 2 unspecified atom stereocenters. The molecule has 2 atom stereocenters. The first-order valence-corrected chi connectivity index (χ1v) is 6.96. The molecule has 2 aliphatic rings. The standard InChI is InChI=1S/C15H22N2O/c1-18-15-7-3-6-14(10-15)17-12-4-2-5-13(17)9-11(16)8-12/h3,6-7,10-13H,2,4-5,8-9,16H2,1H3. The van der Waals surface area contributed by atoms with Crippen LogP contribution in [-0.2, 0) is 0 Å². The van der Waals surface area contributed by atoms with E-state index in [-0.39, 0.29) is 0 Å². The van der Waals surface area contributed by atoms with Gasteiger partial charge in [0.25, 0.3) is 0 Å². The van der Waals surface area contributed by atoms with Gasteiger partial charge in [0, 0.05) is 29.9 Å². The molecule has 0 aliphatic carbocycles. The monoisotopic (exact) mass is 246 g/mol. The summed E-state index contributed by atoms with van der Waals surface area (Å²) in [6, 6.07) is 10.1. The number of rotatable bonds is 2. The average Bonchev–Trinajstić information content (AvgIpc) is 2.37. The predicted octanol–water partition coefficient (Wildman–Crippen LogP) is 2.54. The van der Waals surface area contributed by atoms with Crippen LogP contribution in [0.15, 0.2) is 24.3 Å². The van der Waals surface area contributed by atoms with E-state index in [9.17, 15) is 0 Å². The van der Waals surface area contributed by atoms with Crippen molar-refractivity contribution in [3.63, 3.8) is 0 Å². The van der Waals surface area contributed by atoms with Crippen LogP contribution in [-0.4, -0.2) is 25.2 Å².